The minimum Gasteiger partial charge on any atom is -0.481 e. The lowest BCUT2D eigenvalue weighted by Gasteiger charge is -2.21. The van der Waals surface area contributed by atoms with Crippen molar-refractivity contribution < 1.29 is 24.9 Å². The number of carboxylic acids is 1. The highest BCUT2D eigenvalue weighted by Crippen LogP contribution is 2.09. The molecular formula is C16H26N2O5. The van der Waals surface area contributed by atoms with Crippen molar-refractivity contribution >= 4 is 5.97 Å². The molecule has 0 radical (unpaired) electrons. The fourth-order valence-electron chi connectivity index (χ4n) is 2.06. The van der Waals surface area contributed by atoms with Gasteiger partial charge in [-0.2, -0.15) is 0 Å². The van der Waals surface area contributed by atoms with Crippen molar-refractivity contribution in [2.24, 2.45) is 0 Å². The Kier molecular flexibility index (Phi) is 9.35. The zero-order valence-electron chi connectivity index (χ0n) is 13.5. The zero-order valence-corrected chi connectivity index (χ0v) is 13.5. The van der Waals surface area contributed by atoms with Crippen LogP contribution in [0.25, 0.3) is 0 Å². The maximum atomic E-state index is 10.5. The third-order valence-corrected chi connectivity index (χ3v) is 3.44. The number of hydrogen-bond acceptors (Lipinski definition) is 6. The van der Waals surface area contributed by atoms with Crippen LogP contribution in [0.15, 0.2) is 12.4 Å². The van der Waals surface area contributed by atoms with E-state index in [-0.39, 0.29) is 13.0 Å². The van der Waals surface area contributed by atoms with Gasteiger partial charge in [0.2, 0.25) is 0 Å². The van der Waals surface area contributed by atoms with Gasteiger partial charge in [-0.05, 0) is 19.3 Å². The van der Waals surface area contributed by atoms with Crippen molar-refractivity contribution in [3.8, 4) is 0 Å². The van der Waals surface area contributed by atoms with E-state index in [0.717, 1.165) is 25.0 Å². The molecule has 0 bridgehead atoms. The van der Waals surface area contributed by atoms with Crippen LogP contribution in [0.4, 0.5) is 0 Å². The van der Waals surface area contributed by atoms with Crippen molar-refractivity contribution in [2.75, 3.05) is 13.2 Å². The van der Waals surface area contributed by atoms with Crippen LogP contribution in [0.3, 0.4) is 0 Å². The van der Waals surface area contributed by atoms with Gasteiger partial charge in [0.05, 0.1) is 24.1 Å². The third kappa shape index (κ3) is 8.01. The average Bonchev–Trinajstić information content (AvgIpc) is 2.55. The van der Waals surface area contributed by atoms with Crippen LogP contribution in [0.1, 0.15) is 44.0 Å². The molecule has 7 nitrogen and oxygen atoms in total. The summed E-state index contributed by atoms with van der Waals surface area (Å²) in [6, 6.07) is 0. The summed E-state index contributed by atoms with van der Waals surface area (Å²) in [7, 11) is 0. The van der Waals surface area contributed by atoms with E-state index in [9.17, 15) is 9.90 Å². The van der Waals surface area contributed by atoms with Gasteiger partial charge in [0.15, 0.2) is 0 Å². The first-order valence-corrected chi connectivity index (χ1v) is 7.99. The SMILES string of the molecule is CCCCc1cnc(C[C@@H](OCCCC(=O)O)[C@H](O)CO)cn1. The molecule has 3 N–H and O–H groups in total. The van der Waals surface area contributed by atoms with Crippen LogP contribution in [0.5, 0.6) is 0 Å². The monoisotopic (exact) mass is 326 g/mol. The Morgan fingerprint density at radius 3 is 2.52 bits per heavy atom. The molecule has 0 spiro atoms. The molecule has 0 aliphatic heterocycles. The average molecular weight is 326 g/mol. The summed E-state index contributed by atoms with van der Waals surface area (Å²) in [5.74, 6) is -0.888. The van der Waals surface area contributed by atoms with Crippen LogP contribution in [0.2, 0.25) is 0 Å². The first-order chi connectivity index (χ1) is 11.1. The van der Waals surface area contributed by atoms with Gasteiger partial charge in [-0.1, -0.05) is 13.3 Å². The number of aryl methyl sites for hydroxylation is 1. The van der Waals surface area contributed by atoms with Crippen molar-refractivity contribution in [1.29, 1.82) is 0 Å². The van der Waals surface area contributed by atoms with E-state index < -0.39 is 24.8 Å². The minimum atomic E-state index is -1.04. The predicted octanol–water partition coefficient (Wildman–Crippen LogP) is 0.965. The highest BCUT2D eigenvalue weighted by molar-refractivity contribution is 5.66. The van der Waals surface area contributed by atoms with Crippen LogP contribution < -0.4 is 0 Å². The molecule has 0 fully saturated rings. The molecule has 0 unspecified atom stereocenters. The van der Waals surface area contributed by atoms with E-state index in [1.165, 1.54) is 0 Å². The Labute approximate surface area is 136 Å². The predicted molar refractivity (Wildman–Crippen MR) is 84.1 cm³/mol. The topological polar surface area (TPSA) is 113 Å². The number of nitrogens with zero attached hydrogens (tertiary/aromatic N) is 2. The Hall–Kier alpha value is -1.57. The number of carboxylic acid groups (broad SMARTS) is 1. The van der Waals surface area contributed by atoms with Crippen molar-refractivity contribution in [3.63, 3.8) is 0 Å². The quantitative estimate of drug-likeness (QED) is 0.490. The molecule has 0 saturated heterocycles. The molecule has 23 heavy (non-hydrogen) atoms. The summed E-state index contributed by atoms with van der Waals surface area (Å²) in [5, 5.41) is 27.5. The molecule has 0 aromatic carbocycles. The second-order valence-electron chi connectivity index (χ2n) is 5.46. The van der Waals surface area contributed by atoms with Gasteiger partial charge in [-0.3, -0.25) is 14.8 Å². The number of ether oxygens (including phenoxy) is 1. The number of aliphatic hydroxyl groups is 2. The highest BCUT2D eigenvalue weighted by atomic mass is 16.5. The lowest BCUT2D eigenvalue weighted by atomic mass is 10.1. The molecule has 2 atom stereocenters. The Morgan fingerprint density at radius 1 is 1.26 bits per heavy atom. The molecule has 0 saturated carbocycles. The van der Waals surface area contributed by atoms with Crippen LogP contribution in [-0.2, 0) is 22.4 Å². The van der Waals surface area contributed by atoms with Crippen LogP contribution >= 0.6 is 0 Å². The molecule has 1 aromatic heterocycles. The normalized spacial score (nSPS) is 13.7. The van der Waals surface area contributed by atoms with Crippen LogP contribution in [0, 0.1) is 0 Å². The number of unbranched alkanes of at least 4 members (excludes halogenated alkanes) is 1. The molecule has 1 rings (SSSR count). The van der Waals surface area contributed by atoms with Crippen molar-refractivity contribution in [3.05, 3.63) is 23.8 Å². The molecule has 130 valence electrons. The van der Waals surface area contributed by atoms with Crippen molar-refractivity contribution in [1.82, 2.24) is 9.97 Å². The van der Waals surface area contributed by atoms with Gasteiger partial charge in [0.25, 0.3) is 0 Å². The fourth-order valence-corrected chi connectivity index (χ4v) is 2.06. The van der Waals surface area contributed by atoms with Gasteiger partial charge >= 0.3 is 5.97 Å². The molecular weight excluding hydrogens is 300 g/mol. The Morgan fingerprint density at radius 2 is 1.96 bits per heavy atom. The number of aliphatic carboxylic acids is 1. The van der Waals surface area contributed by atoms with E-state index in [1.54, 1.807) is 12.4 Å². The molecule has 7 heteroatoms. The molecule has 0 aliphatic rings. The summed E-state index contributed by atoms with van der Waals surface area (Å²) in [6.45, 7) is 1.89. The van der Waals surface area contributed by atoms with Crippen LogP contribution in [-0.4, -0.2) is 56.7 Å². The largest absolute Gasteiger partial charge is 0.481 e. The van der Waals surface area contributed by atoms with Crippen molar-refractivity contribution in [2.45, 2.75) is 57.7 Å². The number of rotatable bonds is 12. The number of aromatic nitrogens is 2. The van der Waals surface area contributed by atoms with Gasteiger partial charge in [-0.15, -0.1) is 0 Å². The maximum Gasteiger partial charge on any atom is 0.303 e. The lowest BCUT2D eigenvalue weighted by molar-refractivity contribution is -0.137. The zero-order chi connectivity index (χ0) is 17.1. The smallest absolute Gasteiger partial charge is 0.303 e. The molecule has 1 aromatic rings. The summed E-state index contributed by atoms with van der Waals surface area (Å²) in [4.78, 5) is 19.1. The third-order valence-electron chi connectivity index (χ3n) is 3.44. The van der Waals surface area contributed by atoms with E-state index >= 15 is 0 Å². The van der Waals surface area contributed by atoms with Gasteiger partial charge in [0, 0.05) is 31.8 Å². The fraction of sp³-hybridized carbons (Fsp3) is 0.688. The van der Waals surface area contributed by atoms with E-state index in [1.807, 2.05) is 0 Å². The summed E-state index contributed by atoms with van der Waals surface area (Å²) in [6.07, 6.45) is 5.42. The summed E-state index contributed by atoms with van der Waals surface area (Å²) in [5.41, 5.74) is 1.60. The molecule has 0 amide bonds. The standard InChI is InChI=1S/C16H26N2O5/c1-2-3-5-12-9-18-13(10-17-12)8-15(14(20)11-19)23-7-4-6-16(21)22/h9-10,14-15,19-20H,2-8,11H2,1H3,(H,21,22)/t14-,15-/m1/s1. The van der Waals surface area contributed by atoms with Gasteiger partial charge in [0.1, 0.15) is 6.10 Å². The highest BCUT2D eigenvalue weighted by Gasteiger charge is 2.20. The van der Waals surface area contributed by atoms with Gasteiger partial charge in [-0.25, -0.2) is 0 Å². The minimum absolute atomic E-state index is 0.00781. The number of carbonyl (C=O) groups is 1. The Balaban J connectivity index is 2.53. The Bertz CT molecular complexity index is 452. The molecule has 0 aliphatic carbocycles. The summed E-state index contributed by atoms with van der Waals surface area (Å²) < 4.78 is 5.50. The first kappa shape index (κ1) is 19.5. The first-order valence-electron chi connectivity index (χ1n) is 7.99. The maximum absolute atomic E-state index is 10.5. The number of aliphatic hydroxyl groups excluding tert-OH is 2. The lowest BCUT2D eigenvalue weighted by Crippen LogP contribution is -2.34. The van der Waals surface area contributed by atoms with E-state index in [2.05, 4.69) is 16.9 Å². The summed E-state index contributed by atoms with van der Waals surface area (Å²) >= 11 is 0. The van der Waals surface area contributed by atoms with E-state index in [4.69, 9.17) is 14.9 Å². The second-order valence-corrected chi connectivity index (χ2v) is 5.46. The number of hydrogen-bond donors (Lipinski definition) is 3. The second kappa shape index (κ2) is 11.0. The molecule has 1 heterocycles. The van der Waals surface area contributed by atoms with E-state index in [0.29, 0.717) is 18.5 Å². The van der Waals surface area contributed by atoms with Gasteiger partial charge < -0.3 is 20.1 Å².